The Bertz CT molecular complexity index is 754. The number of aliphatic hydroxyl groups excluding tert-OH is 1. The molecule has 1 amide bonds. The highest BCUT2D eigenvalue weighted by Gasteiger charge is 2.23. The average Bonchev–Trinajstić information content (AvgIpc) is 2.95. The summed E-state index contributed by atoms with van der Waals surface area (Å²) in [6, 6.07) is 10.3. The van der Waals surface area contributed by atoms with Crippen LogP contribution in [0, 0.1) is 5.82 Å². The molecule has 2 aromatic rings. The van der Waals surface area contributed by atoms with Crippen LogP contribution in [0.3, 0.4) is 0 Å². The van der Waals surface area contributed by atoms with Gasteiger partial charge in [0.25, 0.3) is 0 Å². The van der Waals surface area contributed by atoms with Crippen LogP contribution in [-0.2, 0) is 17.6 Å². The summed E-state index contributed by atoms with van der Waals surface area (Å²) in [5, 5.41) is 12.0. The van der Waals surface area contributed by atoms with Gasteiger partial charge >= 0.3 is 0 Å². The summed E-state index contributed by atoms with van der Waals surface area (Å²) < 4.78 is 12.9. The third-order valence-corrected chi connectivity index (χ3v) is 3.97. The van der Waals surface area contributed by atoms with Crippen molar-refractivity contribution in [2.45, 2.75) is 12.8 Å². The number of benzene rings is 1. The van der Waals surface area contributed by atoms with Gasteiger partial charge in [0.15, 0.2) is 0 Å². The molecule has 0 fully saturated rings. The summed E-state index contributed by atoms with van der Waals surface area (Å²) >= 11 is 0. The molecule has 0 saturated heterocycles. The molecule has 0 radical (unpaired) electrons. The number of carbonyl (C=O) groups is 1. The lowest BCUT2D eigenvalue weighted by atomic mass is 10.0. The summed E-state index contributed by atoms with van der Waals surface area (Å²) in [5.41, 5.74) is 4.00. The molecular weight excluding hydrogens is 295 g/mol. The highest BCUT2D eigenvalue weighted by atomic mass is 19.1. The number of aryl methyl sites for hydroxylation is 2. The Morgan fingerprint density at radius 1 is 1.13 bits per heavy atom. The second-order valence-electron chi connectivity index (χ2n) is 5.47. The van der Waals surface area contributed by atoms with Gasteiger partial charge in [-0.05, 0) is 48.2 Å². The van der Waals surface area contributed by atoms with Crippen LogP contribution < -0.4 is 5.32 Å². The van der Waals surface area contributed by atoms with E-state index in [1.165, 1.54) is 12.1 Å². The number of amides is 1. The van der Waals surface area contributed by atoms with E-state index in [0.717, 1.165) is 29.5 Å². The molecule has 5 heteroatoms. The van der Waals surface area contributed by atoms with Gasteiger partial charge in [0, 0.05) is 23.9 Å². The molecule has 0 bridgehead atoms. The molecule has 2 heterocycles. The Kier molecular flexibility index (Phi) is 4.48. The molecular formula is C18H17FN2O2. The minimum atomic E-state index is -0.289. The number of nitrogens with zero attached hydrogens (tertiary/aromatic N) is 1. The first-order chi connectivity index (χ1) is 11.2. The van der Waals surface area contributed by atoms with E-state index < -0.39 is 0 Å². The normalized spacial score (nSPS) is 14.3. The predicted octanol–water partition coefficient (Wildman–Crippen LogP) is 1.88. The Morgan fingerprint density at radius 3 is 2.61 bits per heavy atom. The third kappa shape index (κ3) is 3.46. The van der Waals surface area contributed by atoms with Crippen molar-refractivity contribution >= 4 is 11.5 Å². The van der Waals surface area contributed by atoms with Crippen molar-refractivity contribution in [3.8, 4) is 0 Å². The van der Waals surface area contributed by atoms with Crippen molar-refractivity contribution in [3.63, 3.8) is 0 Å². The number of aliphatic hydroxyl groups is 1. The predicted molar refractivity (Wildman–Crippen MR) is 85.1 cm³/mol. The summed E-state index contributed by atoms with van der Waals surface area (Å²) in [6.45, 7) is 0.103. The monoisotopic (exact) mass is 312 g/mol. The molecule has 0 saturated carbocycles. The fourth-order valence-corrected chi connectivity index (χ4v) is 2.67. The molecule has 3 rings (SSSR count). The van der Waals surface area contributed by atoms with Gasteiger partial charge in [-0.1, -0.05) is 12.1 Å². The van der Waals surface area contributed by atoms with E-state index in [1.54, 1.807) is 18.3 Å². The largest absolute Gasteiger partial charge is 0.391 e. The van der Waals surface area contributed by atoms with E-state index in [9.17, 15) is 14.3 Å². The quantitative estimate of drug-likeness (QED) is 0.886. The van der Waals surface area contributed by atoms with Gasteiger partial charge in [-0.25, -0.2) is 4.39 Å². The van der Waals surface area contributed by atoms with Gasteiger partial charge in [0.05, 0.1) is 12.3 Å². The van der Waals surface area contributed by atoms with Gasteiger partial charge < -0.3 is 10.4 Å². The van der Waals surface area contributed by atoms with E-state index >= 15 is 0 Å². The molecule has 0 aliphatic carbocycles. The number of hydrogen-bond acceptors (Lipinski definition) is 3. The first-order valence-corrected chi connectivity index (χ1v) is 7.48. The summed E-state index contributed by atoms with van der Waals surface area (Å²) in [7, 11) is 0. The minimum Gasteiger partial charge on any atom is -0.391 e. The number of aromatic nitrogens is 1. The standard InChI is InChI=1S/C18H17FN2O2/c19-14-5-3-12(4-6-14)1-2-13-7-8-20-17(9-13)15-10-21-18(23)16(15)11-22/h3-9,22H,1-2,10-11H2,(H,21,23). The minimum absolute atomic E-state index is 0.234. The van der Waals surface area contributed by atoms with E-state index in [2.05, 4.69) is 10.3 Å². The maximum Gasteiger partial charge on any atom is 0.250 e. The molecule has 0 atom stereocenters. The highest BCUT2D eigenvalue weighted by molar-refractivity contribution is 6.05. The Morgan fingerprint density at radius 2 is 1.87 bits per heavy atom. The van der Waals surface area contributed by atoms with Crippen LogP contribution in [0.5, 0.6) is 0 Å². The Hall–Kier alpha value is -2.53. The SMILES string of the molecule is O=C1NCC(c2cc(CCc3ccc(F)cc3)ccn2)=C1CO. The first kappa shape index (κ1) is 15.4. The third-order valence-electron chi connectivity index (χ3n) is 3.97. The number of nitrogens with one attached hydrogen (secondary N) is 1. The number of rotatable bonds is 5. The average molecular weight is 312 g/mol. The molecule has 1 aliphatic rings. The van der Waals surface area contributed by atoms with Crippen molar-refractivity contribution in [2.75, 3.05) is 13.2 Å². The molecule has 0 unspecified atom stereocenters. The second kappa shape index (κ2) is 6.71. The van der Waals surface area contributed by atoms with Crippen LogP contribution in [0.4, 0.5) is 4.39 Å². The van der Waals surface area contributed by atoms with Crippen LogP contribution in [0.2, 0.25) is 0 Å². The van der Waals surface area contributed by atoms with Gasteiger partial charge in [0.2, 0.25) is 5.91 Å². The highest BCUT2D eigenvalue weighted by Crippen LogP contribution is 2.22. The molecule has 118 valence electrons. The lowest BCUT2D eigenvalue weighted by Gasteiger charge is -2.06. The van der Waals surface area contributed by atoms with Crippen molar-refractivity contribution in [1.82, 2.24) is 10.3 Å². The maximum absolute atomic E-state index is 12.9. The number of pyridine rings is 1. The van der Waals surface area contributed by atoms with Crippen molar-refractivity contribution in [3.05, 3.63) is 70.8 Å². The molecule has 1 aromatic heterocycles. The number of carbonyl (C=O) groups excluding carboxylic acids is 1. The summed E-state index contributed by atoms with van der Waals surface area (Å²) in [6.07, 6.45) is 3.30. The van der Waals surface area contributed by atoms with E-state index in [0.29, 0.717) is 17.8 Å². The fourth-order valence-electron chi connectivity index (χ4n) is 2.67. The van der Waals surface area contributed by atoms with Crippen LogP contribution in [0.25, 0.3) is 5.57 Å². The molecule has 1 aliphatic heterocycles. The van der Waals surface area contributed by atoms with E-state index in [4.69, 9.17) is 0 Å². The molecule has 2 N–H and O–H groups in total. The van der Waals surface area contributed by atoms with Gasteiger partial charge in [-0.2, -0.15) is 0 Å². The maximum atomic E-state index is 12.9. The Labute approximate surface area is 133 Å². The van der Waals surface area contributed by atoms with Crippen LogP contribution in [0.15, 0.2) is 48.2 Å². The zero-order valence-electron chi connectivity index (χ0n) is 12.6. The topological polar surface area (TPSA) is 62.2 Å². The second-order valence-corrected chi connectivity index (χ2v) is 5.47. The first-order valence-electron chi connectivity index (χ1n) is 7.48. The van der Waals surface area contributed by atoms with Crippen molar-refractivity contribution < 1.29 is 14.3 Å². The summed E-state index contributed by atoms with van der Waals surface area (Å²) in [5.74, 6) is -0.470. The van der Waals surface area contributed by atoms with Crippen LogP contribution in [-0.4, -0.2) is 29.1 Å². The van der Waals surface area contributed by atoms with E-state index in [-0.39, 0.29) is 18.3 Å². The lowest BCUT2D eigenvalue weighted by Crippen LogP contribution is -2.18. The number of hydrogen-bond donors (Lipinski definition) is 2. The fraction of sp³-hybridized carbons (Fsp3) is 0.222. The Balaban J connectivity index is 1.76. The van der Waals surface area contributed by atoms with Gasteiger partial charge in [0.1, 0.15) is 5.82 Å². The molecule has 0 spiro atoms. The lowest BCUT2D eigenvalue weighted by molar-refractivity contribution is -0.117. The van der Waals surface area contributed by atoms with Crippen molar-refractivity contribution in [2.24, 2.45) is 0 Å². The van der Waals surface area contributed by atoms with Gasteiger partial charge in [-0.15, -0.1) is 0 Å². The zero-order valence-corrected chi connectivity index (χ0v) is 12.6. The van der Waals surface area contributed by atoms with Gasteiger partial charge in [-0.3, -0.25) is 9.78 Å². The van der Waals surface area contributed by atoms with Crippen LogP contribution in [0.1, 0.15) is 16.8 Å². The van der Waals surface area contributed by atoms with Crippen LogP contribution >= 0.6 is 0 Å². The van der Waals surface area contributed by atoms with E-state index in [1.807, 2.05) is 12.1 Å². The number of halogens is 1. The molecule has 23 heavy (non-hydrogen) atoms. The smallest absolute Gasteiger partial charge is 0.250 e. The zero-order chi connectivity index (χ0) is 16.2. The summed E-state index contributed by atoms with van der Waals surface area (Å²) in [4.78, 5) is 15.9. The van der Waals surface area contributed by atoms with Crippen molar-refractivity contribution in [1.29, 1.82) is 0 Å². The molecule has 1 aromatic carbocycles. The molecule has 4 nitrogen and oxygen atoms in total.